The average molecular weight is 306 g/mol. The number of nitrogens with one attached hydrogen (secondary N) is 1. The highest BCUT2D eigenvalue weighted by Gasteiger charge is 2.34. The van der Waals surface area contributed by atoms with Crippen LogP contribution >= 0.6 is 11.6 Å². The highest BCUT2D eigenvalue weighted by molar-refractivity contribution is 6.28. The molecule has 1 N–H and O–H groups in total. The maximum absolute atomic E-state index is 13.2. The van der Waals surface area contributed by atoms with E-state index in [4.69, 9.17) is 11.6 Å². The van der Waals surface area contributed by atoms with Crippen molar-refractivity contribution in [2.75, 3.05) is 5.32 Å². The number of hydrogen-bond acceptors (Lipinski definition) is 3. The Labute approximate surface area is 116 Å². The predicted octanol–water partition coefficient (Wildman–Crippen LogP) is 4.34. The molecule has 0 aliphatic heterocycles. The number of aromatic nitrogens is 2. The Morgan fingerprint density at radius 3 is 2.60 bits per heavy atom. The number of halogens is 5. The van der Waals surface area contributed by atoms with Gasteiger partial charge in [-0.3, -0.25) is 0 Å². The fraction of sp³-hybridized carbons (Fsp3) is 0.167. The molecule has 0 unspecified atom stereocenters. The minimum atomic E-state index is -4.76. The topological polar surface area (TPSA) is 37.8 Å². The van der Waals surface area contributed by atoms with Crippen LogP contribution in [0.4, 0.5) is 29.1 Å². The van der Waals surface area contributed by atoms with Crippen molar-refractivity contribution in [3.63, 3.8) is 0 Å². The van der Waals surface area contributed by atoms with E-state index in [1.807, 2.05) is 0 Å². The zero-order chi connectivity index (χ0) is 14.9. The van der Waals surface area contributed by atoms with E-state index in [1.165, 1.54) is 12.3 Å². The van der Waals surface area contributed by atoms with Crippen LogP contribution < -0.4 is 5.32 Å². The summed E-state index contributed by atoms with van der Waals surface area (Å²) in [6.45, 7) is 1.66. The van der Waals surface area contributed by atoms with Gasteiger partial charge < -0.3 is 5.32 Å². The monoisotopic (exact) mass is 305 g/mol. The van der Waals surface area contributed by atoms with E-state index in [9.17, 15) is 17.6 Å². The number of benzene rings is 1. The Morgan fingerprint density at radius 2 is 1.95 bits per heavy atom. The van der Waals surface area contributed by atoms with E-state index in [1.54, 1.807) is 6.92 Å². The first kappa shape index (κ1) is 14.5. The molecule has 1 heterocycles. The summed E-state index contributed by atoms with van der Waals surface area (Å²) in [6.07, 6.45) is -3.34. The van der Waals surface area contributed by atoms with Crippen molar-refractivity contribution in [2.45, 2.75) is 13.1 Å². The van der Waals surface area contributed by atoms with Gasteiger partial charge in [0.2, 0.25) is 5.28 Å². The second-order valence-electron chi connectivity index (χ2n) is 3.99. The summed E-state index contributed by atoms with van der Waals surface area (Å²) < 4.78 is 50.9. The minimum absolute atomic E-state index is 0.0451. The van der Waals surface area contributed by atoms with Crippen molar-refractivity contribution < 1.29 is 17.6 Å². The van der Waals surface area contributed by atoms with Gasteiger partial charge in [-0.2, -0.15) is 13.2 Å². The van der Waals surface area contributed by atoms with Gasteiger partial charge in [-0.25, -0.2) is 14.4 Å². The summed E-state index contributed by atoms with van der Waals surface area (Å²) in [7, 11) is 0. The molecule has 106 valence electrons. The van der Waals surface area contributed by atoms with E-state index in [2.05, 4.69) is 15.3 Å². The van der Waals surface area contributed by atoms with Crippen molar-refractivity contribution in [1.29, 1.82) is 0 Å². The Hall–Kier alpha value is -1.89. The lowest BCUT2D eigenvalue weighted by molar-refractivity contribution is -0.139. The molecule has 0 fully saturated rings. The molecule has 1 aromatic carbocycles. The normalized spacial score (nSPS) is 11.5. The molecule has 20 heavy (non-hydrogen) atoms. The zero-order valence-electron chi connectivity index (χ0n) is 10.1. The molecule has 1 aromatic heterocycles. The molecule has 0 aliphatic carbocycles. The van der Waals surface area contributed by atoms with Crippen LogP contribution in [0.25, 0.3) is 0 Å². The standard InChI is InChI=1S/C12H8ClF4N3/c1-6-5-18-11(13)20-10(6)19-7-2-3-9(14)8(4-7)12(15,16)17/h2-5H,1H3,(H,18,19,20). The van der Waals surface area contributed by atoms with Gasteiger partial charge in [-0.05, 0) is 36.7 Å². The molecule has 0 aliphatic rings. The van der Waals surface area contributed by atoms with Gasteiger partial charge in [0.05, 0.1) is 5.56 Å². The van der Waals surface area contributed by atoms with Crippen LogP contribution in [0.3, 0.4) is 0 Å². The molecule has 0 saturated carbocycles. The summed E-state index contributed by atoms with van der Waals surface area (Å²) in [6, 6.07) is 2.59. The number of alkyl halides is 3. The van der Waals surface area contributed by atoms with Gasteiger partial charge in [0.1, 0.15) is 11.6 Å². The van der Waals surface area contributed by atoms with Crippen molar-refractivity contribution in [3.05, 3.63) is 46.6 Å². The quantitative estimate of drug-likeness (QED) is 0.662. The van der Waals surface area contributed by atoms with Crippen LogP contribution in [0.5, 0.6) is 0 Å². The largest absolute Gasteiger partial charge is 0.419 e. The van der Waals surface area contributed by atoms with Crippen molar-refractivity contribution in [1.82, 2.24) is 9.97 Å². The maximum Gasteiger partial charge on any atom is 0.419 e. The SMILES string of the molecule is Cc1cnc(Cl)nc1Nc1ccc(F)c(C(F)(F)F)c1. The first-order valence-electron chi connectivity index (χ1n) is 5.40. The van der Waals surface area contributed by atoms with Gasteiger partial charge in [0.15, 0.2) is 0 Å². The molecule has 0 spiro atoms. The van der Waals surface area contributed by atoms with E-state index >= 15 is 0 Å². The van der Waals surface area contributed by atoms with Crippen molar-refractivity contribution >= 4 is 23.1 Å². The number of rotatable bonds is 2. The smallest absolute Gasteiger partial charge is 0.340 e. The summed E-state index contributed by atoms with van der Waals surface area (Å²) in [5, 5.41) is 2.61. The zero-order valence-corrected chi connectivity index (χ0v) is 10.8. The van der Waals surface area contributed by atoms with Gasteiger partial charge in [-0.15, -0.1) is 0 Å². The maximum atomic E-state index is 13.2. The molecular formula is C12H8ClF4N3. The Morgan fingerprint density at radius 1 is 1.25 bits per heavy atom. The van der Waals surface area contributed by atoms with Crippen LogP contribution in [0.2, 0.25) is 5.28 Å². The van der Waals surface area contributed by atoms with Crippen LogP contribution in [0.15, 0.2) is 24.4 Å². The molecule has 0 amide bonds. The van der Waals surface area contributed by atoms with E-state index in [0.29, 0.717) is 11.6 Å². The van der Waals surface area contributed by atoms with E-state index in [-0.39, 0.29) is 16.8 Å². The second kappa shape index (κ2) is 5.24. The molecule has 0 radical (unpaired) electrons. The summed E-state index contributed by atoms with van der Waals surface area (Å²) in [5.74, 6) is -1.08. The summed E-state index contributed by atoms with van der Waals surface area (Å²) in [5.41, 5.74) is -0.704. The average Bonchev–Trinajstić information content (AvgIpc) is 2.35. The highest BCUT2D eigenvalue weighted by Crippen LogP contribution is 2.33. The molecule has 2 rings (SSSR count). The third-order valence-electron chi connectivity index (χ3n) is 2.48. The molecule has 0 bridgehead atoms. The summed E-state index contributed by atoms with van der Waals surface area (Å²) in [4.78, 5) is 7.58. The number of hydrogen-bond donors (Lipinski definition) is 1. The molecule has 0 saturated heterocycles. The molecular weight excluding hydrogens is 298 g/mol. The van der Waals surface area contributed by atoms with Gasteiger partial charge in [0, 0.05) is 17.4 Å². The van der Waals surface area contributed by atoms with Gasteiger partial charge in [-0.1, -0.05) is 0 Å². The Balaban J connectivity index is 2.37. The van der Waals surface area contributed by atoms with Gasteiger partial charge in [0.25, 0.3) is 0 Å². The Bertz CT molecular complexity index is 643. The third-order valence-corrected chi connectivity index (χ3v) is 2.66. The lowest BCUT2D eigenvalue weighted by atomic mass is 10.1. The lowest BCUT2D eigenvalue weighted by Gasteiger charge is -2.12. The molecule has 0 atom stereocenters. The van der Waals surface area contributed by atoms with Crippen LogP contribution in [-0.2, 0) is 6.18 Å². The first-order valence-corrected chi connectivity index (χ1v) is 5.78. The number of aryl methyl sites for hydroxylation is 1. The molecule has 8 heteroatoms. The summed E-state index contributed by atoms with van der Waals surface area (Å²) >= 11 is 5.61. The van der Waals surface area contributed by atoms with E-state index < -0.39 is 17.6 Å². The highest BCUT2D eigenvalue weighted by atomic mass is 35.5. The fourth-order valence-corrected chi connectivity index (χ4v) is 1.64. The number of nitrogens with zero attached hydrogens (tertiary/aromatic N) is 2. The van der Waals surface area contributed by atoms with Crippen LogP contribution in [0.1, 0.15) is 11.1 Å². The van der Waals surface area contributed by atoms with Crippen molar-refractivity contribution in [3.8, 4) is 0 Å². The van der Waals surface area contributed by atoms with Crippen LogP contribution in [0, 0.1) is 12.7 Å². The van der Waals surface area contributed by atoms with Crippen LogP contribution in [-0.4, -0.2) is 9.97 Å². The third kappa shape index (κ3) is 3.16. The molecule has 3 nitrogen and oxygen atoms in total. The minimum Gasteiger partial charge on any atom is -0.340 e. The van der Waals surface area contributed by atoms with Crippen molar-refractivity contribution in [2.24, 2.45) is 0 Å². The fourth-order valence-electron chi connectivity index (χ4n) is 1.50. The molecule has 2 aromatic rings. The lowest BCUT2D eigenvalue weighted by Crippen LogP contribution is -2.09. The Kier molecular flexibility index (Phi) is 3.80. The predicted molar refractivity (Wildman–Crippen MR) is 66.5 cm³/mol. The van der Waals surface area contributed by atoms with E-state index in [0.717, 1.165) is 6.07 Å². The second-order valence-corrected chi connectivity index (χ2v) is 4.33. The van der Waals surface area contributed by atoms with Gasteiger partial charge >= 0.3 is 6.18 Å². The number of anilines is 2. The first-order chi connectivity index (χ1) is 9.27.